The zero-order valence-corrected chi connectivity index (χ0v) is 13.6. The minimum atomic E-state index is -3.41. The van der Waals surface area contributed by atoms with Gasteiger partial charge in [0.2, 0.25) is 0 Å². The molecule has 0 spiro atoms. The Bertz CT molecular complexity index is 625. The van der Waals surface area contributed by atoms with E-state index in [1.165, 1.54) is 0 Å². The summed E-state index contributed by atoms with van der Waals surface area (Å²) in [5.74, 6) is 2.33. The smallest absolute Gasteiger partial charge is 0.280 e. The highest BCUT2D eigenvalue weighted by Gasteiger charge is 2.43. The van der Waals surface area contributed by atoms with Crippen LogP contribution in [0.3, 0.4) is 0 Å². The monoisotopic (exact) mass is 313 g/mol. The van der Waals surface area contributed by atoms with Crippen LogP contribution in [0.4, 0.5) is 0 Å². The van der Waals surface area contributed by atoms with Gasteiger partial charge in [-0.15, -0.1) is 10.2 Å². The summed E-state index contributed by atoms with van der Waals surface area (Å²) in [5, 5.41) is 8.20. The molecule has 1 aromatic heterocycles. The van der Waals surface area contributed by atoms with Gasteiger partial charge in [-0.05, 0) is 25.2 Å². The van der Waals surface area contributed by atoms with Gasteiger partial charge >= 0.3 is 0 Å². The summed E-state index contributed by atoms with van der Waals surface area (Å²) in [6.45, 7) is 4.93. The molecule has 1 N–H and O–H groups in total. The Kier molecular flexibility index (Phi) is 3.79. The van der Waals surface area contributed by atoms with Crippen molar-refractivity contribution < 1.29 is 8.42 Å². The molecule has 1 aromatic rings. The summed E-state index contributed by atoms with van der Waals surface area (Å²) in [5.41, 5.74) is 0. The molecule has 2 aliphatic rings. The van der Waals surface area contributed by atoms with Gasteiger partial charge in [0.15, 0.2) is 0 Å². The summed E-state index contributed by atoms with van der Waals surface area (Å²) in [6, 6.07) is 0.193. The Hall–Kier alpha value is -0.990. The number of piperidine rings is 1. The largest absolute Gasteiger partial charge is 0.317 e. The highest BCUT2D eigenvalue weighted by molar-refractivity contribution is 7.87. The van der Waals surface area contributed by atoms with Crippen LogP contribution in [-0.2, 0) is 23.8 Å². The molecule has 2 bridgehead atoms. The van der Waals surface area contributed by atoms with Crippen LogP contribution in [0.2, 0.25) is 0 Å². The van der Waals surface area contributed by atoms with E-state index in [2.05, 4.69) is 14.9 Å². The van der Waals surface area contributed by atoms with Gasteiger partial charge in [-0.3, -0.25) is 0 Å². The number of hydrogen-bond acceptors (Lipinski definition) is 4. The van der Waals surface area contributed by atoms with Crippen LogP contribution in [0.1, 0.15) is 50.7 Å². The molecule has 3 rings (SSSR count). The minimum absolute atomic E-state index is 0.187. The molecule has 0 amide bonds. The topological polar surface area (TPSA) is 80.1 Å². The van der Waals surface area contributed by atoms with Crippen molar-refractivity contribution in [3.8, 4) is 0 Å². The highest BCUT2D eigenvalue weighted by Crippen LogP contribution is 2.38. The number of hydrogen-bond donors (Lipinski definition) is 1. The van der Waals surface area contributed by atoms with Crippen molar-refractivity contribution in [2.45, 2.75) is 51.6 Å². The predicted octanol–water partition coefficient (Wildman–Crippen LogP) is 0.757. The third kappa shape index (κ3) is 2.72. The molecule has 2 atom stereocenters. The first-order chi connectivity index (χ1) is 9.88. The SMILES string of the molecule is CC(C)c1nnc(CNS(=O)(=O)N2CC3CCC2C3)n1C. The van der Waals surface area contributed by atoms with E-state index in [1.807, 2.05) is 25.5 Å². The first-order valence-corrected chi connectivity index (χ1v) is 8.97. The maximum absolute atomic E-state index is 12.4. The molecule has 1 saturated heterocycles. The van der Waals surface area contributed by atoms with Crippen LogP contribution in [-0.4, -0.2) is 40.1 Å². The Morgan fingerprint density at radius 2 is 2.10 bits per heavy atom. The van der Waals surface area contributed by atoms with E-state index in [9.17, 15) is 8.42 Å². The number of nitrogens with zero attached hydrogens (tertiary/aromatic N) is 4. The van der Waals surface area contributed by atoms with E-state index in [1.54, 1.807) is 4.31 Å². The van der Waals surface area contributed by atoms with Crippen molar-refractivity contribution in [1.29, 1.82) is 0 Å². The molecule has 118 valence electrons. The van der Waals surface area contributed by atoms with Crippen LogP contribution >= 0.6 is 0 Å². The lowest BCUT2D eigenvalue weighted by atomic mass is 10.1. The second kappa shape index (κ2) is 5.33. The van der Waals surface area contributed by atoms with Gasteiger partial charge in [0.1, 0.15) is 11.6 Å². The van der Waals surface area contributed by atoms with Crippen LogP contribution < -0.4 is 4.72 Å². The Morgan fingerprint density at radius 1 is 1.33 bits per heavy atom. The van der Waals surface area contributed by atoms with E-state index in [4.69, 9.17) is 0 Å². The molecule has 1 saturated carbocycles. The number of nitrogens with one attached hydrogen (secondary N) is 1. The first kappa shape index (κ1) is 14.9. The summed E-state index contributed by atoms with van der Waals surface area (Å²) in [6.07, 6.45) is 3.17. The minimum Gasteiger partial charge on any atom is -0.317 e. The van der Waals surface area contributed by atoms with Crippen molar-refractivity contribution in [2.75, 3.05) is 6.54 Å². The molecular formula is C13H23N5O2S. The molecule has 0 radical (unpaired) electrons. The van der Waals surface area contributed by atoms with Crippen molar-refractivity contribution in [1.82, 2.24) is 23.8 Å². The molecule has 2 unspecified atom stereocenters. The lowest BCUT2D eigenvalue weighted by Crippen LogP contribution is -2.44. The van der Waals surface area contributed by atoms with Crippen molar-refractivity contribution in [3.05, 3.63) is 11.6 Å². The van der Waals surface area contributed by atoms with Gasteiger partial charge in [-0.1, -0.05) is 13.8 Å². The molecule has 2 fully saturated rings. The van der Waals surface area contributed by atoms with Gasteiger partial charge < -0.3 is 4.57 Å². The fourth-order valence-electron chi connectivity index (χ4n) is 3.44. The third-order valence-electron chi connectivity index (χ3n) is 4.60. The summed E-state index contributed by atoms with van der Waals surface area (Å²) < 4.78 is 31.0. The standard InChI is InChI=1S/C13H23N5O2S/c1-9(2)13-16-15-12(17(13)3)7-14-21(19,20)18-8-10-4-5-11(18)6-10/h9-11,14H,4-8H2,1-3H3. The van der Waals surface area contributed by atoms with Crippen LogP contribution in [0.5, 0.6) is 0 Å². The fourth-order valence-corrected chi connectivity index (χ4v) is 4.91. The second-order valence-corrected chi connectivity index (χ2v) is 8.12. The van der Waals surface area contributed by atoms with E-state index in [-0.39, 0.29) is 18.5 Å². The quantitative estimate of drug-likeness (QED) is 0.870. The molecule has 0 aromatic carbocycles. The normalized spacial score (nSPS) is 26.1. The average Bonchev–Trinajstić information content (AvgIpc) is 3.11. The second-order valence-electron chi connectivity index (χ2n) is 6.42. The van der Waals surface area contributed by atoms with Gasteiger partial charge in [0.05, 0.1) is 6.54 Å². The van der Waals surface area contributed by atoms with E-state index < -0.39 is 10.2 Å². The molecule has 2 heterocycles. The van der Waals surface area contributed by atoms with Crippen LogP contribution in [0.15, 0.2) is 0 Å². The Labute approximate surface area is 125 Å². The molecule has 1 aliphatic carbocycles. The van der Waals surface area contributed by atoms with Crippen molar-refractivity contribution >= 4 is 10.2 Å². The van der Waals surface area contributed by atoms with Gasteiger partial charge in [0, 0.05) is 25.6 Å². The van der Waals surface area contributed by atoms with Gasteiger partial charge in [-0.25, -0.2) is 0 Å². The lowest BCUT2D eigenvalue weighted by Gasteiger charge is -2.26. The lowest BCUT2D eigenvalue weighted by molar-refractivity contribution is 0.328. The average molecular weight is 313 g/mol. The van der Waals surface area contributed by atoms with Crippen molar-refractivity contribution in [3.63, 3.8) is 0 Å². The molecule has 7 nitrogen and oxygen atoms in total. The first-order valence-electron chi connectivity index (χ1n) is 7.53. The van der Waals surface area contributed by atoms with Gasteiger partial charge in [-0.2, -0.15) is 17.4 Å². The Morgan fingerprint density at radius 3 is 2.62 bits per heavy atom. The van der Waals surface area contributed by atoms with E-state index >= 15 is 0 Å². The fraction of sp³-hybridized carbons (Fsp3) is 0.846. The maximum Gasteiger partial charge on any atom is 0.280 e. The molecule has 8 heteroatoms. The Balaban J connectivity index is 1.67. The summed E-state index contributed by atoms with van der Waals surface area (Å²) in [7, 11) is -1.54. The summed E-state index contributed by atoms with van der Waals surface area (Å²) in [4.78, 5) is 0. The molecular weight excluding hydrogens is 290 g/mol. The zero-order valence-electron chi connectivity index (χ0n) is 12.8. The zero-order chi connectivity index (χ0) is 15.2. The molecule has 1 aliphatic heterocycles. The maximum atomic E-state index is 12.4. The highest BCUT2D eigenvalue weighted by atomic mass is 32.2. The predicted molar refractivity (Wildman–Crippen MR) is 78.7 cm³/mol. The number of rotatable bonds is 5. The number of fused-ring (bicyclic) bond motifs is 2. The van der Waals surface area contributed by atoms with Gasteiger partial charge in [0.25, 0.3) is 10.2 Å². The van der Waals surface area contributed by atoms with Crippen LogP contribution in [0, 0.1) is 5.92 Å². The van der Waals surface area contributed by atoms with E-state index in [0.717, 1.165) is 25.1 Å². The molecule has 21 heavy (non-hydrogen) atoms. The number of aromatic nitrogens is 3. The third-order valence-corrected chi connectivity index (χ3v) is 6.17. The van der Waals surface area contributed by atoms with E-state index in [0.29, 0.717) is 18.3 Å². The van der Waals surface area contributed by atoms with Crippen LogP contribution in [0.25, 0.3) is 0 Å². The van der Waals surface area contributed by atoms with Crippen molar-refractivity contribution in [2.24, 2.45) is 13.0 Å². The summed E-state index contributed by atoms with van der Waals surface area (Å²) >= 11 is 0.